The Bertz CT molecular complexity index is 626. The number of ketones is 1. The molecule has 1 rings (SSSR count). The van der Waals surface area contributed by atoms with Gasteiger partial charge in [-0.1, -0.05) is 70.4 Å². The monoisotopic (exact) mass is 420 g/mol. The first-order valence-corrected chi connectivity index (χ1v) is 11.6. The molecular formula is C25H40O5. The van der Waals surface area contributed by atoms with Crippen molar-refractivity contribution in [3.63, 3.8) is 0 Å². The summed E-state index contributed by atoms with van der Waals surface area (Å²) in [4.78, 5) is 23.0. The van der Waals surface area contributed by atoms with E-state index in [1.165, 1.54) is 38.2 Å². The molecule has 0 aliphatic rings. The molecule has 0 spiro atoms. The molecule has 30 heavy (non-hydrogen) atoms. The molecule has 0 heterocycles. The number of phenols is 1. The largest absolute Gasteiger partial charge is 0.507 e. The van der Waals surface area contributed by atoms with E-state index in [9.17, 15) is 19.8 Å². The van der Waals surface area contributed by atoms with Crippen LogP contribution in [0.25, 0.3) is 0 Å². The number of carboxylic acid groups (broad SMARTS) is 1. The Kier molecular flexibility index (Phi) is 13.9. The van der Waals surface area contributed by atoms with Gasteiger partial charge in [0, 0.05) is 20.0 Å². The fraction of sp³-hybridized carbons (Fsp3) is 0.680. The van der Waals surface area contributed by atoms with E-state index in [0.717, 1.165) is 38.5 Å². The van der Waals surface area contributed by atoms with E-state index in [0.29, 0.717) is 30.6 Å². The zero-order valence-corrected chi connectivity index (χ0v) is 18.8. The molecule has 0 fully saturated rings. The lowest BCUT2D eigenvalue weighted by Gasteiger charge is -2.14. The predicted molar refractivity (Wildman–Crippen MR) is 120 cm³/mol. The Labute approximate surface area is 181 Å². The minimum Gasteiger partial charge on any atom is -0.507 e. The summed E-state index contributed by atoms with van der Waals surface area (Å²) < 4.78 is 5.44. The van der Waals surface area contributed by atoms with Gasteiger partial charge in [-0.25, -0.2) is 4.79 Å². The SMILES string of the molecule is CCCC(=O)CC(CCCCCCCCCCCc1cccc(O)c1C(=O)O)OC. The van der Waals surface area contributed by atoms with Crippen molar-refractivity contribution in [2.45, 2.75) is 103 Å². The quantitative estimate of drug-likeness (QED) is 0.272. The minimum atomic E-state index is -1.06. The lowest BCUT2D eigenvalue weighted by molar-refractivity contribution is -0.121. The molecule has 1 aromatic rings. The van der Waals surface area contributed by atoms with Crippen molar-refractivity contribution >= 4 is 11.8 Å². The summed E-state index contributed by atoms with van der Waals surface area (Å²) >= 11 is 0. The highest BCUT2D eigenvalue weighted by atomic mass is 16.5. The molecule has 0 saturated carbocycles. The van der Waals surface area contributed by atoms with Crippen LogP contribution in [-0.4, -0.2) is 35.2 Å². The molecule has 0 aromatic heterocycles. The minimum absolute atomic E-state index is 0.0444. The van der Waals surface area contributed by atoms with E-state index < -0.39 is 5.97 Å². The van der Waals surface area contributed by atoms with Crippen molar-refractivity contribution in [1.29, 1.82) is 0 Å². The summed E-state index contributed by atoms with van der Waals surface area (Å²) in [7, 11) is 1.70. The maximum absolute atomic E-state index is 11.7. The van der Waals surface area contributed by atoms with Crippen molar-refractivity contribution in [3.8, 4) is 5.75 Å². The average molecular weight is 421 g/mol. The summed E-state index contributed by atoms with van der Waals surface area (Å²) in [5.74, 6) is -0.899. The third-order valence-electron chi connectivity index (χ3n) is 5.63. The maximum Gasteiger partial charge on any atom is 0.339 e. The molecule has 5 nitrogen and oxygen atoms in total. The van der Waals surface area contributed by atoms with Crippen LogP contribution in [0, 0.1) is 0 Å². The second kappa shape index (κ2) is 15.9. The van der Waals surface area contributed by atoms with Gasteiger partial charge in [-0.2, -0.15) is 0 Å². The van der Waals surface area contributed by atoms with Gasteiger partial charge in [0.05, 0.1) is 6.10 Å². The summed E-state index contributed by atoms with van der Waals surface area (Å²) in [6, 6.07) is 4.92. The summed E-state index contributed by atoms with van der Waals surface area (Å²) in [5, 5.41) is 19.0. The summed E-state index contributed by atoms with van der Waals surface area (Å²) in [6.07, 6.45) is 14.3. The van der Waals surface area contributed by atoms with E-state index in [2.05, 4.69) is 0 Å². The zero-order chi connectivity index (χ0) is 22.2. The maximum atomic E-state index is 11.7. The predicted octanol–water partition coefficient (Wildman–Crippen LogP) is 6.31. The first-order valence-electron chi connectivity index (χ1n) is 11.6. The van der Waals surface area contributed by atoms with Crippen LogP contribution < -0.4 is 0 Å². The summed E-state index contributed by atoms with van der Waals surface area (Å²) in [5.41, 5.74) is 0.760. The highest BCUT2D eigenvalue weighted by Gasteiger charge is 2.14. The van der Waals surface area contributed by atoms with Gasteiger partial charge < -0.3 is 14.9 Å². The molecule has 0 aliphatic heterocycles. The second-order valence-electron chi connectivity index (χ2n) is 8.19. The Morgan fingerprint density at radius 2 is 1.57 bits per heavy atom. The van der Waals surface area contributed by atoms with Gasteiger partial charge in [0.25, 0.3) is 0 Å². The van der Waals surface area contributed by atoms with Crippen molar-refractivity contribution in [3.05, 3.63) is 29.3 Å². The van der Waals surface area contributed by atoms with Gasteiger partial charge >= 0.3 is 5.97 Å². The van der Waals surface area contributed by atoms with Crippen molar-refractivity contribution in [1.82, 2.24) is 0 Å². The highest BCUT2D eigenvalue weighted by Crippen LogP contribution is 2.23. The molecule has 5 heteroatoms. The molecule has 1 aromatic carbocycles. The van der Waals surface area contributed by atoms with E-state index >= 15 is 0 Å². The molecule has 1 unspecified atom stereocenters. The molecule has 0 bridgehead atoms. The van der Waals surface area contributed by atoms with Crippen LogP contribution in [0.2, 0.25) is 0 Å². The third kappa shape index (κ3) is 10.8. The zero-order valence-electron chi connectivity index (χ0n) is 18.8. The normalized spacial score (nSPS) is 12.1. The fourth-order valence-corrected chi connectivity index (χ4v) is 3.90. The molecular weight excluding hydrogens is 380 g/mol. The van der Waals surface area contributed by atoms with Gasteiger partial charge in [0.2, 0.25) is 0 Å². The van der Waals surface area contributed by atoms with Crippen LogP contribution in [0.3, 0.4) is 0 Å². The topological polar surface area (TPSA) is 83.8 Å². The molecule has 0 amide bonds. The molecule has 0 aliphatic carbocycles. The van der Waals surface area contributed by atoms with E-state index in [4.69, 9.17) is 4.74 Å². The van der Waals surface area contributed by atoms with Gasteiger partial charge in [-0.15, -0.1) is 0 Å². The Hall–Kier alpha value is -1.88. The molecule has 170 valence electrons. The van der Waals surface area contributed by atoms with Crippen molar-refractivity contribution in [2.24, 2.45) is 0 Å². The summed E-state index contributed by atoms with van der Waals surface area (Å²) in [6.45, 7) is 2.03. The molecule has 0 radical (unpaired) electrons. The fourth-order valence-electron chi connectivity index (χ4n) is 3.90. The number of aromatic hydroxyl groups is 1. The lowest BCUT2D eigenvalue weighted by atomic mass is 9.99. The first-order chi connectivity index (χ1) is 14.5. The van der Waals surface area contributed by atoms with E-state index in [1.54, 1.807) is 19.2 Å². The number of aromatic carboxylic acids is 1. The van der Waals surface area contributed by atoms with Crippen LogP contribution >= 0.6 is 0 Å². The number of hydrogen-bond donors (Lipinski definition) is 2. The number of hydrogen-bond acceptors (Lipinski definition) is 4. The number of Topliss-reactive ketones (excluding diaryl/α,β-unsaturated/α-hetero) is 1. The number of benzene rings is 1. The first kappa shape index (κ1) is 26.2. The number of carbonyl (C=O) groups is 2. The number of carboxylic acids is 1. The Morgan fingerprint density at radius 3 is 2.13 bits per heavy atom. The van der Waals surface area contributed by atoms with Gasteiger partial charge in [-0.05, 0) is 37.3 Å². The van der Waals surface area contributed by atoms with Crippen LogP contribution in [0.15, 0.2) is 18.2 Å². The standard InChI is InChI=1S/C25H40O5/c1-3-14-21(26)19-22(30-2)17-12-10-8-6-4-5-7-9-11-15-20-16-13-18-23(27)24(20)25(28)29/h13,16,18,22,27H,3-12,14-15,17,19H2,1-2H3,(H,28,29). The number of unbranched alkanes of at least 4 members (excludes halogenated alkanes) is 8. The highest BCUT2D eigenvalue weighted by molar-refractivity contribution is 5.92. The number of ether oxygens (including phenoxy) is 1. The number of carbonyl (C=O) groups excluding carboxylic acids is 1. The van der Waals surface area contributed by atoms with Crippen LogP contribution in [-0.2, 0) is 16.0 Å². The van der Waals surface area contributed by atoms with Crippen molar-refractivity contribution < 1.29 is 24.5 Å². The van der Waals surface area contributed by atoms with Gasteiger partial charge in [-0.3, -0.25) is 4.79 Å². The van der Waals surface area contributed by atoms with Gasteiger partial charge in [0.1, 0.15) is 17.1 Å². The lowest BCUT2D eigenvalue weighted by Crippen LogP contribution is -2.16. The van der Waals surface area contributed by atoms with Crippen LogP contribution in [0.1, 0.15) is 106 Å². The molecule has 2 N–H and O–H groups in total. The second-order valence-corrected chi connectivity index (χ2v) is 8.19. The Morgan fingerprint density at radius 1 is 0.967 bits per heavy atom. The van der Waals surface area contributed by atoms with Crippen LogP contribution in [0.4, 0.5) is 0 Å². The number of aryl methyl sites for hydroxylation is 1. The average Bonchev–Trinajstić information content (AvgIpc) is 2.70. The number of rotatable bonds is 18. The van der Waals surface area contributed by atoms with Crippen molar-refractivity contribution in [2.75, 3.05) is 7.11 Å². The number of methoxy groups -OCH3 is 1. The van der Waals surface area contributed by atoms with E-state index in [-0.39, 0.29) is 17.4 Å². The van der Waals surface area contributed by atoms with Gasteiger partial charge in [0.15, 0.2) is 0 Å². The molecule has 0 saturated heterocycles. The smallest absolute Gasteiger partial charge is 0.339 e. The Balaban J connectivity index is 2.03. The van der Waals surface area contributed by atoms with Crippen LogP contribution in [0.5, 0.6) is 5.75 Å². The molecule has 1 atom stereocenters. The third-order valence-corrected chi connectivity index (χ3v) is 5.63. The van der Waals surface area contributed by atoms with E-state index in [1.807, 2.05) is 6.92 Å².